The summed E-state index contributed by atoms with van der Waals surface area (Å²) in [4.78, 5) is 6.99. The molecule has 0 N–H and O–H groups in total. The number of anilines is 1. The van der Waals surface area contributed by atoms with Gasteiger partial charge in [0.1, 0.15) is 0 Å². The van der Waals surface area contributed by atoms with Gasteiger partial charge >= 0.3 is 0 Å². The van der Waals surface area contributed by atoms with E-state index in [9.17, 15) is 0 Å². The van der Waals surface area contributed by atoms with Gasteiger partial charge in [0.05, 0.1) is 30.2 Å². The van der Waals surface area contributed by atoms with E-state index >= 15 is 0 Å². The van der Waals surface area contributed by atoms with Crippen LogP contribution in [-0.4, -0.2) is 36.2 Å². The van der Waals surface area contributed by atoms with Gasteiger partial charge in [-0.15, -0.1) is 16.7 Å². The predicted molar refractivity (Wildman–Crippen MR) is 106 cm³/mol. The number of benzene rings is 2. The second-order valence-corrected chi connectivity index (χ2v) is 6.71. The molecule has 2 heterocycles. The molecule has 2 aliphatic heterocycles. The number of amidine groups is 1. The maximum absolute atomic E-state index is 6.29. The standard InChI is InChI=1S/C19H16Cl2N4/c20-9-8-15-12-25-17-7-6-14(21)10-16(17)19(13-4-2-1-3-5-13)22-11-18(25)24-23-15/h1-7,10H,8-9,11-12H2. The van der Waals surface area contributed by atoms with Gasteiger partial charge < -0.3 is 4.90 Å². The third-order valence-electron chi connectivity index (χ3n) is 4.27. The van der Waals surface area contributed by atoms with Gasteiger partial charge in [-0.05, 0) is 18.2 Å². The monoisotopic (exact) mass is 370 g/mol. The zero-order chi connectivity index (χ0) is 17.2. The number of hydrogen-bond donors (Lipinski definition) is 0. The van der Waals surface area contributed by atoms with E-state index in [-0.39, 0.29) is 0 Å². The van der Waals surface area contributed by atoms with Crippen LogP contribution in [0.4, 0.5) is 5.69 Å². The fraction of sp³-hybridized carbons (Fsp3) is 0.211. The van der Waals surface area contributed by atoms with Crippen molar-refractivity contribution in [2.75, 3.05) is 23.9 Å². The van der Waals surface area contributed by atoms with E-state index in [0.29, 0.717) is 24.0 Å². The molecule has 0 radical (unpaired) electrons. The number of hydrogen-bond acceptors (Lipinski definition) is 4. The Bertz CT molecular complexity index is 888. The zero-order valence-electron chi connectivity index (χ0n) is 13.5. The molecule has 0 amide bonds. The molecule has 0 saturated heterocycles. The van der Waals surface area contributed by atoms with Crippen molar-refractivity contribution in [2.45, 2.75) is 6.42 Å². The number of alkyl halides is 1. The number of nitrogens with zero attached hydrogens (tertiary/aromatic N) is 4. The lowest BCUT2D eigenvalue weighted by Crippen LogP contribution is -2.39. The van der Waals surface area contributed by atoms with Gasteiger partial charge in [0.2, 0.25) is 0 Å². The maximum Gasteiger partial charge on any atom is 0.154 e. The summed E-state index contributed by atoms with van der Waals surface area (Å²) in [7, 11) is 0. The smallest absolute Gasteiger partial charge is 0.154 e. The van der Waals surface area contributed by atoms with Gasteiger partial charge in [-0.25, -0.2) is 0 Å². The van der Waals surface area contributed by atoms with Crippen LogP contribution in [0.3, 0.4) is 0 Å². The molecule has 0 aliphatic carbocycles. The fourth-order valence-corrected chi connectivity index (χ4v) is 3.47. The first-order valence-corrected chi connectivity index (χ1v) is 9.03. The van der Waals surface area contributed by atoms with E-state index in [4.69, 9.17) is 28.2 Å². The molecule has 0 fully saturated rings. The first-order chi connectivity index (χ1) is 12.3. The zero-order valence-corrected chi connectivity index (χ0v) is 15.0. The summed E-state index contributed by atoms with van der Waals surface area (Å²) in [5.41, 5.74) is 5.02. The summed E-state index contributed by atoms with van der Waals surface area (Å²) < 4.78 is 0. The number of halogens is 2. The van der Waals surface area contributed by atoms with Crippen LogP contribution in [0.2, 0.25) is 5.02 Å². The lowest BCUT2D eigenvalue weighted by atomic mass is 10.00. The van der Waals surface area contributed by atoms with Gasteiger partial charge in [-0.1, -0.05) is 41.9 Å². The van der Waals surface area contributed by atoms with Crippen LogP contribution in [0, 0.1) is 0 Å². The van der Waals surface area contributed by atoms with Crippen LogP contribution in [0.25, 0.3) is 0 Å². The Morgan fingerprint density at radius 1 is 1.04 bits per heavy atom. The molecule has 126 valence electrons. The van der Waals surface area contributed by atoms with Gasteiger partial charge in [0, 0.05) is 28.5 Å². The van der Waals surface area contributed by atoms with Gasteiger partial charge in [-0.3, -0.25) is 4.99 Å². The molecular formula is C19H16Cl2N4. The van der Waals surface area contributed by atoms with Crippen LogP contribution in [0.5, 0.6) is 0 Å². The minimum Gasteiger partial charge on any atom is -0.320 e. The Hall–Kier alpha value is -2.17. The molecule has 0 bridgehead atoms. The quantitative estimate of drug-likeness (QED) is 0.738. The SMILES string of the molecule is ClCCC1=NN=C2CN=C(c3ccccc3)c3cc(Cl)ccc3N2C1. The highest BCUT2D eigenvalue weighted by atomic mass is 35.5. The molecule has 2 aromatic carbocycles. The van der Waals surface area contributed by atoms with Crippen molar-refractivity contribution in [2.24, 2.45) is 15.2 Å². The molecule has 2 aliphatic rings. The largest absolute Gasteiger partial charge is 0.320 e. The molecule has 0 unspecified atom stereocenters. The van der Waals surface area contributed by atoms with E-state index in [1.807, 2.05) is 36.4 Å². The molecule has 6 heteroatoms. The minimum absolute atomic E-state index is 0.480. The average molecular weight is 371 g/mol. The Morgan fingerprint density at radius 3 is 2.68 bits per heavy atom. The number of fused-ring (bicyclic) bond motifs is 3. The average Bonchev–Trinajstić information content (AvgIpc) is 2.79. The fourth-order valence-electron chi connectivity index (χ4n) is 3.08. The summed E-state index contributed by atoms with van der Waals surface area (Å²) in [6.07, 6.45) is 0.726. The molecule has 25 heavy (non-hydrogen) atoms. The second kappa shape index (κ2) is 6.98. The van der Waals surface area contributed by atoms with Gasteiger partial charge in [-0.2, -0.15) is 5.10 Å². The van der Waals surface area contributed by atoms with Crippen molar-refractivity contribution in [1.82, 2.24) is 0 Å². The summed E-state index contributed by atoms with van der Waals surface area (Å²) in [6, 6.07) is 16.0. The van der Waals surface area contributed by atoms with Crippen molar-refractivity contribution in [3.63, 3.8) is 0 Å². The molecule has 0 aromatic heterocycles. The molecule has 4 rings (SSSR count). The Balaban J connectivity index is 1.84. The lowest BCUT2D eigenvalue weighted by molar-refractivity contribution is 1.00. The summed E-state index contributed by atoms with van der Waals surface area (Å²) in [6.45, 7) is 1.16. The van der Waals surface area contributed by atoms with Crippen molar-refractivity contribution in [3.8, 4) is 0 Å². The van der Waals surface area contributed by atoms with Crippen LogP contribution >= 0.6 is 23.2 Å². The van der Waals surface area contributed by atoms with E-state index in [1.165, 1.54) is 0 Å². The molecule has 0 atom stereocenters. The van der Waals surface area contributed by atoms with E-state index in [0.717, 1.165) is 40.5 Å². The highest BCUT2D eigenvalue weighted by Crippen LogP contribution is 2.30. The lowest BCUT2D eigenvalue weighted by Gasteiger charge is -2.28. The van der Waals surface area contributed by atoms with Crippen molar-refractivity contribution in [1.29, 1.82) is 0 Å². The molecule has 4 nitrogen and oxygen atoms in total. The normalized spacial score (nSPS) is 16.2. The van der Waals surface area contributed by atoms with E-state index < -0.39 is 0 Å². The number of aliphatic imine (C=N–C) groups is 1. The summed E-state index contributed by atoms with van der Waals surface area (Å²) >= 11 is 12.2. The highest BCUT2D eigenvalue weighted by Gasteiger charge is 2.27. The Labute approximate surface area is 156 Å². The van der Waals surface area contributed by atoms with E-state index in [2.05, 4.69) is 27.2 Å². The van der Waals surface area contributed by atoms with Crippen LogP contribution in [0.15, 0.2) is 63.7 Å². The molecular weight excluding hydrogens is 355 g/mol. The molecule has 2 aromatic rings. The Morgan fingerprint density at radius 2 is 1.88 bits per heavy atom. The minimum atomic E-state index is 0.480. The van der Waals surface area contributed by atoms with E-state index in [1.54, 1.807) is 0 Å². The van der Waals surface area contributed by atoms with Crippen LogP contribution < -0.4 is 4.90 Å². The van der Waals surface area contributed by atoms with Crippen molar-refractivity contribution in [3.05, 3.63) is 64.7 Å². The first kappa shape index (κ1) is 16.3. The first-order valence-electron chi connectivity index (χ1n) is 8.12. The van der Waals surface area contributed by atoms with Gasteiger partial charge in [0.15, 0.2) is 5.84 Å². The Kier molecular flexibility index (Phi) is 4.55. The number of rotatable bonds is 3. The summed E-state index contributed by atoms with van der Waals surface area (Å²) in [5.74, 6) is 1.38. The van der Waals surface area contributed by atoms with Crippen LogP contribution in [-0.2, 0) is 0 Å². The second-order valence-electron chi connectivity index (χ2n) is 5.90. The molecule has 0 spiro atoms. The third kappa shape index (κ3) is 3.20. The van der Waals surface area contributed by atoms with Crippen molar-refractivity contribution >= 4 is 46.1 Å². The van der Waals surface area contributed by atoms with Crippen LogP contribution in [0.1, 0.15) is 17.5 Å². The summed E-state index contributed by atoms with van der Waals surface area (Å²) in [5, 5.41) is 9.40. The maximum atomic E-state index is 6.29. The van der Waals surface area contributed by atoms with Gasteiger partial charge in [0.25, 0.3) is 0 Å². The highest BCUT2D eigenvalue weighted by molar-refractivity contribution is 6.32. The third-order valence-corrected chi connectivity index (χ3v) is 4.70. The predicted octanol–water partition coefficient (Wildman–Crippen LogP) is 4.39. The topological polar surface area (TPSA) is 40.3 Å². The van der Waals surface area contributed by atoms with Crippen molar-refractivity contribution < 1.29 is 0 Å². The molecule has 0 saturated carbocycles.